The van der Waals surface area contributed by atoms with Crippen LogP contribution in [-0.2, 0) is 14.2 Å². The van der Waals surface area contributed by atoms with Gasteiger partial charge in [0.1, 0.15) is 0 Å². The third-order valence-corrected chi connectivity index (χ3v) is 0.805. The molecule has 0 aromatic carbocycles. The average molecular weight is 314 g/mol. The van der Waals surface area contributed by atoms with Gasteiger partial charge in [-0.05, 0) is 0 Å². The van der Waals surface area contributed by atoms with E-state index in [0.717, 1.165) is 0 Å². The second kappa shape index (κ2) is 15.4. The summed E-state index contributed by atoms with van der Waals surface area (Å²) in [6.45, 7) is 0. The summed E-state index contributed by atoms with van der Waals surface area (Å²) in [5.74, 6) is -3.54. The van der Waals surface area contributed by atoms with Crippen LogP contribution in [0.5, 0.6) is 0 Å². The van der Waals surface area contributed by atoms with E-state index >= 15 is 0 Å². The van der Waals surface area contributed by atoms with Crippen LogP contribution in [0.3, 0.4) is 0 Å². The van der Waals surface area contributed by atoms with E-state index in [1.54, 1.807) is 0 Å². The van der Waals surface area contributed by atoms with Gasteiger partial charge in [0.25, 0.3) is 0 Å². The number of carboxylic acid groups (broad SMARTS) is 2. The summed E-state index contributed by atoms with van der Waals surface area (Å²) >= 11 is 0. The number of aliphatic hydroxyl groups is 2. The van der Waals surface area contributed by atoms with Crippen molar-refractivity contribution in [1.82, 2.24) is 0 Å². The second-order valence-electron chi connectivity index (χ2n) is 2.01. The molecule has 0 spiro atoms. The zero-order valence-electron chi connectivity index (χ0n) is 9.84. The minimum atomic E-state index is -5.39. The number of hydrogen-bond acceptors (Lipinski definition) is 8. The fourth-order valence-electron chi connectivity index (χ4n) is 0.270. The first kappa shape index (κ1) is 32.1. The van der Waals surface area contributed by atoms with E-state index < -0.39 is 32.0 Å². The zero-order chi connectivity index (χ0) is 12.8. The zero-order valence-corrected chi connectivity index (χ0v) is 16.7. The van der Waals surface area contributed by atoms with Crippen molar-refractivity contribution in [3.63, 3.8) is 0 Å². The number of carbonyl (C=O) groups is 2. The van der Waals surface area contributed by atoms with Crippen molar-refractivity contribution < 1.29 is 138 Å². The largest absolute Gasteiger partial charge is 1.00 e. The molecule has 0 aliphatic rings. The molecule has 0 saturated carbocycles. The van der Waals surface area contributed by atoms with Gasteiger partial charge in [-0.25, -0.2) is 9.59 Å². The van der Waals surface area contributed by atoms with Crippen molar-refractivity contribution >= 4 is 19.8 Å². The molecule has 0 aliphatic heterocycles. The van der Waals surface area contributed by atoms with E-state index in [2.05, 4.69) is 0 Å². The summed E-state index contributed by atoms with van der Waals surface area (Å²) < 4.78 is 8.55. The summed E-state index contributed by atoms with van der Waals surface area (Å²) in [6, 6.07) is 0. The molecule has 2 atom stereocenters. The van der Waals surface area contributed by atoms with Crippen LogP contribution in [0, 0.1) is 0 Å². The van der Waals surface area contributed by atoms with Gasteiger partial charge >= 0.3 is 101 Å². The third kappa shape index (κ3) is 26.5. The molecule has 0 aliphatic carbocycles. The van der Waals surface area contributed by atoms with Gasteiger partial charge in [0, 0.05) is 0 Å². The quantitative estimate of drug-likeness (QED) is 0.286. The molecule has 14 heteroatoms. The second-order valence-corrected chi connectivity index (χ2v) is 2.91. The SMILES string of the molecule is O=C(O)C(O)C(O)C(=O)O.O=P([O-])([O-])[O-].[Na+].[Na+].[Na+]. The average Bonchev–Trinajstić information content (AvgIpc) is 1.98. The van der Waals surface area contributed by atoms with Gasteiger partial charge < -0.3 is 39.7 Å². The normalized spacial score (nSPS) is 12.1. The number of carboxylic acids is 2. The fourth-order valence-corrected chi connectivity index (χ4v) is 0.270. The van der Waals surface area contributed by atoms with Gasteiger partial charge in [-0.1, -0.05) is 0 Å². The Hall–Kier alpha value is 1.97. The van der Waals surface area contributed by atoms with Crippen molar-refractivity contribution in [3.8, 4) is 0 Å². The van der Waals surface area contributed by atoms with Gasteiger partial charge in [-0.15, -0.1) is 0 Å². The van der Waals surface area contributed by atoms with Crippen LogP contribution in [0.25, 0.3) is 0 Å². The monoisotopic (exact) mass is 314 g/mol. The first-order chi connectivity index (χ1) is 6.46. The molecule has 4 N–H and O–H groups in total. The molecule has 0 amide bonds. The third-order valence-electron chi connectivity index (χ3n) is 0.805. The first-order valence-corrected chi connectivity index (χ1v) is 4.47. The molecule has 18 heavy (non-hydrogen) atoms. The summed E-state index contributed by atoms with van der Waals surface area (Å²) in [5, 5.41) is 32.5. The van der Waals surface area contributed by atoms with Crippen LogP contribution in [-0.4, -0.2) is 44.6 Å². The van der Waals surface area contributed by atoms with Crippen molar-refractivity contribution in [2.45, 2.75) is 12.2 Å². The predicted molar refractivity (Wildman–Crippen MR) is 34.9 cm³/mol. The maximum atomic E-state index is 9.77. The van der Waals surface area contributed by atoms with Crippen LogP contribution in [0.1, 0.15) is 0 Å². The molecular weight excluding hydrogens is 308 g/mol. The summed E-state index contributed by atoms with van der Waals surface area (Å²) in [4.78, 5) is 45.2. The number of hydrogen-bond donors (Lipinski definition) is 4. The van der Waals surface area contributed by atoms with Crippen LogP contribution >= 0.6 is 7.82 Å². The summed E-state index contributed by atoms with van der Waals surface area (Å²) in [6.07, 6.45) is -4.53. The minimum Gasteiger partial charge on any atom is -0.822 e. The Labute approximate surface area is 168 Å². The van der Waals surface area contributed by atoms with E-state index in [-0.39, 0.29) is 88.7 Å². The van der Waals surface area contributed by atoms with E-state index in [0.29, 0.717) is 0 Å². The Kier molecular flexibility index (Phi) is 27.4. The number of aliphatic hydroxyl groups excluding tert-OH is 2. The van der Waals surface area contributed by atoms with E-state index in [9.17, 15) is 9.59 Å². The van der Waals surface area contributed by atoms with E-state index in [1.807, 2.05) is 0 Å². The number of rotatable bonds is 3. The van der Waals surface area contributed by atoms with Gasteiger partial charge in [0.2, 0.25) is 0 Å². The maximum absolute atomic E-state index is 9.77. The topological polar surface area (TPSA) is 201 Å². The molecule has 10 nitrogen and oxygen atoms in total. The molecule has 0 heterocycles. The molecule has 90 valence electrons. The maximum Gasteiger partial charge on any atom is 1.00 e. The molecule has 0 saturated heterocycles. The predicted octanol–water partition coefficient (Wildman–Crippen LogP) is -13.9. The molecular formula is C4H6Na3O10P. The van der Waals surface area contributed by atoms with Gasteiger partial charge in [0.15, 0.2) is 12.2 Å². The molecule has 0 fully saturated rings. The first-order valence-electron chi connectivity index (χ1n) is 3.01. The fraction of sp³-hybridized carbons (Fsp3) is 0.500. The molecule has 0 rings (SSSR count). The molecule has 0 radical (unpaired) electrons. The van der Waals surface area contributed by atoms with Crippen molar-refractivity contribution in [1.29, 1.82) is 0 Å². The Bertz CT molecular complexity index is 252. The number of phosphoric acid groups is 1. The molecule has 0 bridgehead atoms. The Balaban J connectivity index is -0.0000000621. The van der Waals surface area contributed by atoms with Crippen molar-refractivity contribution in [3.05, 3.63) is 0 Å². The van der Waals surface area contributed by atoms with Crippen molar-refractivity contribution in [2.24, 2.45) is 0 Å². The van der Waals surface area contributed by atoms with Crippen LogP contribution in [0.4, 0.5) is 0 Å². The van der Waals surface area contributed by atoms with Crippen LogP contribution in [0.2, 0.25) is 0 Å². The number of aliphatic carboxylic acids is 2. The van der Waals surface area contributed by atoms with Gasteiger partial charge in [-0.3, -0.25) is 0 Å². The molecule has 0 aromatic heterocycles. The van der Waals surface area contributed by atoms with E-state index in [1.165, 1.54) is 0 Å². The van der Waals surface area contributed by atoms with Crippen molar-refractivity contribution in [2.75, 3.05) is 0 Å². The van der Waals surface area contributed by atoms with Crippen LogP contribution in [0.15, 0.2) is 0 Å². The Morgan fingerprint density at radius 1 is 0.833 bits per heavy atom. The summed E-state index contributed by atoms with van der Waals surface area (Å²) in [5.41, 5.74) is 0. The van der Waals surface area contributed by atoms with Gasteiger partial charge in [-0.2, -0.15) is 7.82 Å². The Morgan fingerprint density at radius 2 is 0.944 bits per heavy atom. The van der Waals surface area contributed by atoms with E-state index in [4.69, 9.17) is 39.7 Å². The van der Waals surface area contributed by atoms with Crippen LogP contribution < -0.4 is 103 Å². The van der Waals surface area contributed by atoms with Gasteiger partial charge in [0.05, 0.1) is 0 Å². The minimum absolute atomic E-state index is 0. The standard InChI is InChI=1S/C4H6O6.3Na.H3O4P/c5-1(3(7)8)2(6)4(9)10;;;;1-5(2,3)4/h1-2,5-6H,(H,7,8)(H,9,10);;;;(H3,1,2,3,4)/q;3*+1;/p-3. The Morgan fingerprint density at radius 3 is 1.00 bits per heavy atom. The summed E-state index contributed by atoms with van der Waals surface area (Å²) in [7, 11) is -5.39. The molecule has 2 unspecified atom stereocenters. The smallest absolute Gasteiger partial charge is 0.822 e. The molecule has 0 aromatic rings.